The predicted octanol–water partition coefficient (Wildman–Crippen LogP) is 1.36. The monoisotopic (exact) mass is 339 g/mol. The molecule has 7 heteroatoms. The summed E-state index contributed by atoms with van der Waals surface area (Å²) in [5, 5.41) is 0. The van der Waals surface area contributed by atoms with Gasteiger partial charge in [-0.25, -0.2) is 9.97 Å². The highest BCUT2D eigenvalue weighted by Crippen LogP contribution is 2.24. The number of rotatable bonds is 5. The lowest BCUT2D eigenvalue weighted by Gasteiger charge is -2.45. The lowest BCUT2D eigenvalue weighted by atomic mass is 10.1. The number of aromatic amines is 1. The molecule has 2 aromatic rings. The Labute approximate surface area is 146 Å². The van der Waals surface area contributed by atoms with E-state index in [1.807, 2.05) is 30.9 Å². The largest absolute Gasteiger partial charge is 0.361 e. The number of likely N-dealkylation sites (tertiary alicyclic amines) is 1. The predicted molar refractivity (Wildman–Crippen MR) is 96.4 cm³/mol. The summed E-state index contributed by atoms with van der Waals surface area (Å²) in [7, 11) is 0. The van der Waals surface area contributed by atoms with E-state index in [0.717, 1.165) is 11.3 Å². The van der Waals surface area contributed by atoms with Crippen LogP contribution in [0.2, 0.25) is 0 Å². The molecule has 1 N–H and O–H groups in total. The zero-order chi connectivity index (χ0) is 18.0. The summed E-state index contributed by atoms with van der Waals surface area (Å²) in [5.41, 5.74) is 2.03. The van der Waals surface area contributed by atoms with Gasteiger partial charge in [0.25, 0.3) is 5.56 Å². The molecule has 2 aromatic heterocycles. The SMILES string of the molecule is C=CC(=O)N1CC(N(CC)c2cc(-c3ccnc(C)n3)c[nH]c2=O)C1. The summed E-state index contributed by atoms with van der Waals surface area (Å²) in [4.78, 5) is 39.0. The molecule has 0 saturated carbocycles. The van der Waals surface area contributed by atoms with Crippen LogP contribution in [-0.4, -0.2) is 51.4 Å². The van der Waals surface area contributed by atoms with Crippen molar-refractivity contribution >= 4 is 11.6 Å². The van der Waals surface area contributed by atoms with Gasteiger partial charge in [-0.3, -0.25) is 9.59 Å². The number of amides is 1. The van der Waals surface area contributed by atoms with E-state index in [1.165, 1.54) is 6.08 Å². The summed E-state index contributed by atoms with van der Waals surface area (Å²) in [6, 6.07) is 3.79. The molecule has 0 radical (unpaired) electrons. The van der Waals surface area contributed by atoms with Gasteiger partial charge in [-0.05, 0) is 32.1 Å². The fraction of sp³-hybridized carbons (Fsp3) is 0.333. The zero-order valence-corrected chi connectivity index (χ0v) is 14.4. The molecule has 0 atom stereocenters. The molecule has 1 fully saturated rings. The van der Waals surface area contributed by atoms with Crippen molar-refractivity contribution in [3.63, 3.8) is 0 Å². The van der Waals surface area contributed by atoms with Crippen LogP contribution in [-0.2, 0) is 4.79 Å². The minimum absolute atomic E-state index is 0.0774. The number of carbonyl (C=O) groups excluding carboxylic acids is 1. The Bertz CT molecular complexity index is 855. The highest BCUT2D eigenvalue weighted by molar-refractivity contribution is 5.87. The molecule has 1 saturated heterocycles. The van der Waals surface area contributed by atoms with Crippen molar-refractivity contribution < 1.29 is 4.79 Å². The van der Waals surface area contributed by atoms with Crippen molar-refractivity contribution in [1.82, 2.24) is 19.9 Å². The second-order valence-corrected chi connectivity index (χ2v) is 5.98. The fourth-order valence-electron chi connectivity index (χ4n) is 3.04. The Hall–Kier alpha value is -2.96. The summed E-state index contributed by atoms with van der Waals surface area (Å²) >= 11 is 0. The topological polar surface area (TPSA) is 82.2 Å². The second kappa shape index (κ2) is 6.88. The highest BCUT2D eigenvalue weighted by Gasteiger charge is 2.34. The Morgan fingerprint density at radius 3 is 2.92 bits per heavy atom. The smallest absolute Gasteiger partial charge is 0.271 e. The molecule has 1 amide bonds. The molecular formula is C18H21N5O2. The van der Waals surface area contributed by atoms with Gasteiger partial charge in [0.1, 0.15) is 11.5 Å². The third-order valence-electron chi connectivity index (χ3n) is 4.39. The van der Waals surface area contributed by atoms with E-state index < -0.39 is 0 Å². The van der Waals surface area contributed by atoms with Crippen LogP contribution in [0.5, 0.6) is 0 Å². The number of anilines is 1. The average molecular weight is 339 g/mol. The molecule has 0 bridgehead atoms. The number of aromatic nitrogens is 3. The lowest BCUT2D eigenvalue weighted by molar-refractivity contribution is -0.130. The summed E-state index contributed by atoms with van der Waals surface area (Å²) in [6.07, 6.45) is 4.68. The van der Waals surface area contributed by atoms with Crippen LogP contribution in [0.25, 0.3) is 11.3 Å². The molecule has 1 aliphatic heterocycles. The molecule has 25 heavy (non-hydrogen) atoms. The first-order valence-corrected chi connectivity index (χ1v) is 8.24. The maximum absolute atomic E-state index is 12.4. The zero-order valence-electron chi connectivity index (χ0n) is 14.4. The minimum atomic E-state index is -0.148. The Kier molecular flexibility index (Phi) is 4.65. The van der Waals surface area contributed by atoms with Crippen molar-refractivity contribution in [2.24, 2.45) is 0 Å². The molecular weight excluding hydrogens is 318 g/mol. The van der Waals surface area contributed by atoms with Crippen LogP contribution >= 0.6 is 0 Å². The third-order valence-corrected chi connectivity index (χ3v) is 4.39. The average Bonchev–Trinajstić information content (AvgIpc) is 2.58. The second-order valence-electron chi connectivity index (χ2n) is 5.98. The van der Waals surface area contributed by atoms with E-state index >= 15 is 0 Å². The molecule has 130 valence electrons. The van der Waals surface area contributed by atoms with Crippen LogP contribution in [0.15, 0.2) is 42.0 Å². The van der Waals surface area contributed by atoms with Gasteiger partial charge in [0, 0.05) is 37.6 Å². The number of hydrogen-bond acceptors (Lipinski definition) is 5. The van der Waals surface area contributed by atoms with Gasteiger partial charge >= 0.3 is 0 Å². The maximum atomic E-state index is 12.4. The summed E-state index contributed by atoms with van der Waals surface area (Å²) in [6.45, 7) is 9.19. The maximum Gasteiger partial charge on any atom is 0.271 e. The first kappa shape index (κ1) is 16.9. The normalized spacial score (nSPS) is 14.1. The van der Waals surface area contributed by atoms with Gasteiger partial charge in [-0.2, -0.15) is 0 Å². The molecule has 7 nitrogen and oxygen atoms in total. The lowest BCUT2D eigenvalue weighted by Crippen LogP contribution is -2.61. The Balaban J connectivity index is 1.88. The number of pyridine rings is 1. The van der Waals surface area contributed by atoms with Crippen LogP contribution in [0.4, 0.5) is 5.69 Å². The number of aryl methyl sites for hydroxylation is 1. The minimum Gasteiger partial charge on any atom is -0.361 e. The van der Waals surface area contributed by atoms with Crippen LogP contribution < -0.4 is 10.5 Å². The van der Waals surface area contributed by atoms with Gasteiger partial charge in [0.15, 0.2) is 0 Å². The number of nitrogens with zero attached hydrogens (tertiary/aromatic N) is 4. The van der Waals surface area contributed by atoms with Crippen molar-refractivity contribution in [3.8, 4) is 11.3 Å². The molecule has 0 aliphatic carbocycles. The van der Waals surface area contributed by atoms with Gasteiger partial charge < -0.3 is 14.8 Å². The van der Waals surface area contributed by atoms with E-state index in [-0.39, 0.29) is 17.5 Å². The first-order valence-electron chi connectivity index (χ1n) is 8.24. The van der Waals surface area contributed by atoms with Crippen molar-refractivity contribution in [3.05, 3.63) is 53.4 Å². The van der Waals surface area contributed by atoms with Crippen molar-refractivity contribution in [1.29, 1.82) is 0 Å². The quantitative estimate of drug-likeness (QED) is 0.832. The van der Waals surface area contributed by atoms with E-state index in [2.05, 4.69) is 21.5 Å². The van der Waals surface area contributed by atoms with Gasteiger partial charge in [0.05, 0.1) is 11.7 Å². The summed E-state index contributed by atoms with van der Waals surface area (Å²) in [5.74, 6) is 0.599. The number of hydrogen-bond donors (Lipinski definition) is 1. The number of carbonyl (C=O) groups is 1. The Morgan fingerprint density at radius 1 is 1.52 bits per heavy atom. The fourth-order valence-corrected chi connectivity index (χ4v) is 3.04. The van der Waals surface area contributed by atoms with Crippen LogP contribution in [0, 0.1) is 6.92 Å². The number of H-pyrrole nitrogens is 1. The number of likely N-dealkylation sites (N-methyl/N-ethyl adjacent to an activating group) is 1. The molecule has 0 spiro atoms. The standard InChI is InChI=1S/C18H21N5O2/c1-4-17(24)22-10-14(11-22)23(5-2)16-8-13(9-20-18(16)25)15-6-7-19-12(3)21-15/h4,6-9,14H,1,5,10-11H2,2-3H3,(H,20,25). The third kappa shape index (κ3) is 3.31. The highest BCUT2D eigenvalue weighted by atomic mass is 16.2. The molecule has 0 unspecified atom stereocenters. The molecule has 1 aliphatic rings. The van der Waals surface area contributed by atoms with Crippen LogP contribution in [0.3, 0.4) is 0 Å². The van der Waals surface area contributed by atoms with E-state index in [0.29, 0.717) is 31.1 Å². The Morgan fingerprint density at radius 2 is 2.28 bits per heavy atom. The number of nitrogens with one attached hydrogen (secondary N) is 1. The van der Waals surface area contributed by atoms with Crippen LogP contribution in [0.1, 0.15) is 12.7 Å². The first-order chi connectivity index (χ1) is 12.0. The van der Waals surface area contributed by atoms with Crippen molar-refractivity contribution in [2.75, 3.05) is 24.5 Å². The van der Waals surface area contributed by atoms with E-state index in [4.69, 9.17) is 0 Å². The van der Waals surface area contributed by atoms with E-state index in [9.17, 15) is 9.59 Å². The van der Waals surface area contributed by atoms with Gasteiger partial charge in [0.2, 0.25) is 5.91 Å². The van der Waals surface area contributed by atoms with Gasteiger partial charge in [-0.1, -0.05) is 6.58 Å². The van der Waals surface area contributed by atoms with Crippen molar-refractivity contribution in [2.45, 2.75) is 19.9 Å². The van der Waals surface area contributed by atoms with Gasteiger partial charge in [-0.15, -0.1) is 0 Å². The molecule has 3 rings (SSSR count). The molecule has 0 aromatic carbocycles. The molecule has 3 heterocycles. The summed E-state index contributed by atoms with van der Waals surface area (Å²) < 4.78 is 0. The van der Waals surface area contributed by atoms with E-state index in [1.54, 1.807) is 17.3 Å².